The van der Waals surface area contributed by atoms with Crippen LogP contribution in [0.5, 0.6) is 0 Å². The fourth-order valence-electron chi connectivity index (χ4n) is 9.55. The van der Waals surface area contributed by atoms with Crippen molar-refractivity contribution in [2.24, 2.45) is 17.8 Å². The van der Waals surface area contributed by atoms with E-state index in [9.17, 15) is 14.7 Å². The highest BCUT2D eigenvalue weighted by Crippen LogP contribution is 2.50. The third kappa shape index (κ3) is 4.92. The van der Waals surface area contributed by atoms with Crippen molar-refractivity contribution in [3.8, 4) is 0 Å². The van der Waals surface area contributed by atoms with Crippen LogP contribution in [0.25, 0.3) is 0 Å². The van der Waals surface area contributed by atoms with E-state index in [-0.39, 0.29) is 41.9 Å². The van der Waals surface area contributed by atoms with Crippen molar-refractivity contribution in [2.75, 3.05) is 39.3 Å². The summed E-state index contributed by atoms with van der Waals surface area (Å²) in [7, 11) is 0. The van der Waals surface area contributed by atoms with Crippen LogP contribution in [-0.2, 0) is 14.3 Å². The van der Waals surface area contributed by atoms with Crippen molar-refractivity contribution in [2.45, 2.75) is 113 Å². The highest BCUT2D eigenvalue weighted by molar-refractivity contribution is 6.20. The lowest BCUT2D eigenvalue weighted by molar-refractivity contribution is -0.223. The molecule has 10 unspecified atom stereocenters. The Morgan fingerprint density at radius 1 is 1.00 bits per heavy atom. The number of hydrogen-bond donors (Lipinski definition) is 2. The number of nitrogens with zero attached hydrogens (tertiary/aromatic N) is 3. The number of hydrogen-bond acceptors (Lipinski definition) is 7. The van der Waals surface area contributed by atoms with E-state index in [1.165, 1.54) is 38.5 Å². The second kappa shape index (κ2) is 11.3. The van der Waals surface area contributed by atoms with Gasteiger partial charge in [-0.25, -0.2) is 4.39 Å². The van der Waals surface area contributed by atoms with Crippen LogP contribution in [0.3, 0.4) is 0 Å². The molecule has 0 radical (unpaired) electrons. The Balaban J connectivity index is 1.18. The Morgan fingerprint density at radius 3 is 2.55 bits per heavy atom. The van der Waals surface area contributed by atoms with Crippen molar-refractivity contribution < 1.29 is 23.8 Å². The zero-order chi connectivity index (χ0) is 27.4. The van der Waals surface area contributed by atoms with Crippen LogP contribution >= 0.6 is 0 Å². The Bertz CT molecular complexity index is 1000. The van der Waals surface area contributed by atoms with E-state index in [1.54, 1.807) is 0 Å². The maximum atomic E-state index is 16.2. The quantitative estimate of drug-likeness (QED) is 0.501. The molecule has 6 fully saturated rings. The second-order valence-corrected chi connectivity index (χ2v) is 13.8. The molecular formula is C31H47FN4O4. The Morgan fingerprint density at radius 2 is 1.77 bits per heavy atom. The molecule has 4 heterocycles. The number of amides is 1. The van der Waals surface area contributed by atoms with Crippen LogP contribution in [0.15, 0.2) is 11.8 Å². The van der Waals surface area contributed by atoms with Gasteiger partial charge in [0.1, 0.15) is 6.17 Å². The average Bonchev–Trinajstić information content (AvgIpc) is 3.47. The molecule has 0 aromatic rings. The second-order valence-electron chi connectivity index (χ2n) is 13.8. The standard InChI is InChI=1S/C31H47FN4O4/c32-24-16-22-27-30(28(24)35-12-5-8-21(37)17-35)40-26-15-20-7-2-1-6-19(20)14-25(26)36(27)18-23(29(22)38)31(39)33-9-13-34-10-3-4-11-34/h18-22,24-28,30,37H,1-17H2,(H,33,39). The summed E-state index contributed by atoms with van der Waals surface area (Å²) >= 11 is 0. The molecule has 0 aromatic heterocycles. The van der Waals surface area contributed by atoms with Gasteiger partial charge < -0.3 is 25.0 Å². The zero-order valence-corrected chi connectivity index (χ0v) is 23.8. The minimum absolute atomic E-state index is 0.0207. The smallest absolute Gasteiger partial charge is 0.256 e. The van der Waals surface area contributed by atoms with Gasteiger partial charge in [-0.3, -0.25) is 14.5 Å². The van der Waals surface area contributed by atoms with Crippen LogP contribution in [-0.4, -0.2) is 113 Å². The summed E-state index contributed by atoms with van der Waals surface area (Å²) in [5.74, 6) is 0.178. The van der Waals surface area contributed by atoms with E-state index in [0.29, 0.717) is 24.9 Å². The first-order chi connectivity index (χ1) is 19.5. The molecule has 0 aromatic carbocycles. The number of Topliss-reactive ketones (excluding diaryl/α,β-unsaturated/α-hetero) is 1. The number of alkyl halides is 1. The van der Waals surface area contributed by atoms with Gasteiger partial charge in [-0.2, -0.15) is 0 Å². The molecule has 8 nitrogen and oxygen atoms in total. The van der Waals surface area contributed by atoms with Gasteiger partial charge in [-0.05, 0) is 76.4 Å². The highest BCUT2D eigenvalue weighted by Gasteiger charge is 2.60. The molecule has 3 saturated heterocycles. The summed E-state index contributed by atoms with van der Waals surface area (Å²) in [6.45, 7) is 4.64. The molecule has 7 rings (SSSR count). The van der Waals surface area contributed by atoms with E-state index in [0.717, 1.165) is 51.9 Å². The van der Waals surface area contributed by atoms with Gasteiger partial charge in [0.15, 0.2) is 5.78 Å². The van der Waals surface area contributed by atoms with Crippen LogP contribution < -0.4 is 5.32 Å². The first kappa shape index (κ1) is 27.3. The number of aliphatic hydroxyl groups is 1. The number of fused-ring (bicyclic) bond motifs is 3. The van der Waals surface area contributed by atoms with Gasteiger partial charge in [0.25, 0.3) is 5.91 Å². The normalized spacial score (nSPS) is 43.9. The maximum Gasteiger partial charge on any atom is 0.256 e. The molecule has 7 aliphatic rings. The molecule has 2 N–H and O–H groups in total. The van der Waals surface area contributed by atoms with E-state index in [1.807, 2.05) is 6.20 Å². The molecule has 0 bridgehead atoms. The maximum absolute atomic E-state index is 16.2. The number of ether oxygens (including phenoxy) is 1. The van der Waals surface area contributed by atoms with Crippen molar-refractivity contribution in [3.05, 3.63) is 11.8 Å². The van der Waals surface area contributed by atoms with E-state index in [4.69, 9.17) is 4.74 Å². The average molecular weight is 559 g/mol. The van der Waals surface area contributed by atoms with Crippen molar-refractivity contribution >= 4 is 11.7 Å². The fraction of sp³-hybridized carbons (Fsp3) is 0.871. The van der Waals surface area contributed by atoms with Crippen LogP contribution in [0.4, 0.5) is 4.39 Å². The summed E-state index contributed by atoms with van der Waals surface area (Å²) in [5, 5.41) is 13.4. The fourth-order valence-corrected chi connectivity index (χ4v) is 9.55. The van der Waals surface area contributed by atoms with Gasteiger partial charge >= 0.3 is 0 Å². The van der Waals surface area contributed by atoms with Crippen molar-refractivity contribution in [1.82, 2.24) is 20.0 Å². The number of nitrogens with one attached hydrogen (secondary N) is 1. The van der Waals surface area contributed by atoms with Crippen molar-refractivity contribution in [1.29, 1.82) is 0 Å². The van der Waals surface area contributed by atoms with Gasteiger partial charge in [0, 0.05) is 31.8 Å². The highest BCUT2D eigenvalue weighted by atomic mass is 19.1. The topological polar surface area (TPSA) is 85.3 Å². The lowest BCUT2D eigenvalue weighted by Crippen LogP contribution is -2.74. The summed E-state index contributed by atoms with van der Waals surface area (Å²) in [6, 6.07) is -0.612. The number of carbonyl (C=O) groups excluding carboxylic acids is 2. The Hall–Kier alpha value is -1.55. The van der Waals surface area contributed by atoms with Gasteiger partial charge in [0.2, 0.25) is 0 Å². The number of ketones is 1. The minimum atomic E-state index is -1.23. The first-order valence-corrected chi connectivity index (χ1v) is 16.2. The zero-order valence-electron chi connectivity index (χ0n) is 23.8. The van der Waals surface area contributed by atoms with Gasteiger partial charge in [-0.15, -0.1) is 0 Å². The summed E-state index contributed by atoms with van der Waals surface area (Å²) in [5.41, 5.74) is 0.201. The van der Waals surface area contributed by atoms with Crippen LogP contribution in [0.1, 0.15) is 70.6 Å². The van der Waals surface area contributed by atoms with E-state index in [2.05, 4.69) is 20.0 Å². The lowest BCUT2D eigenvalue weighted by Gasteiger charge is -2.62. The molecule has 10 atom stereocenters. The SMILES string of the molecule is O=C(NCCN1CCCC1)C1=CN2C3CC4CCCCC4CC3OC3C(N4CCCC(O)C4)C(F)CC(C1=O)C32. The molecule has 3 saturated carbocycles. The predicted octanol–water partition coefficient (Wildman–Crippen LogP) is 2.26. The number of carbonyl (C=O) groups is 2. The van der Waals surface area contributed by atoms with Gasteiger partial charge in [-0.1, -0.05) is 25.7 Å². The molecule has 222 valence electrons. The predicted molar refractivity (Wildman–Crippen MR) is 148 cm³/mol. The van der Waals surface area contributed by atoms with Gasteiger partial charge in [0.05, 0.1) is 42.0 Å². The number of morpholine rings is 1. The van der Waals surface area contributed by atoms with E-state index < -0.39 is 30.3 Å². The monoisotopic (exact) mass is 558 g/mol. The molecule has 40 heavy (non-hydrogen) atoms. The third-order valence-corrected chi connectivity index (χ3v) is 11.5. The third-order valence-electron chi connectivity index (χ3n) is 11.5. The first-order valence-electron chi connectivity index (χ1n) is 16.2. The molecular weight excluding hydrogens is 511 g/mol. The number of halogens is 1. The molecule has 3 aliphatic carbocycles. The van der Waals surface area contributed by atoms with E-state index >= 15 is 4.39 Å². The Kier molecular flexibility index (Phi) is 7.69. The molecule has 4 aliphatic heterocycles. The number of β-amino-alcohol motifs (C(OH)–C–C–N with tert-alkyl or cyclic N) is 1. The number of piperidine rings is 1. The molecule has 1 amide bonds. The number of aliphatic hydroxyl groups excluding tert-OH is 1. The van der Waals surface area contributed by atoms with Crippen LogP contribution in [0, 0.1) is 17.8 Å². The molecule has 9 heteroatoms. The summed E-state index contributed by atoms with van der Waals surface area (Å²) < 4.78 is 23.1. The summed E-state index contributed by atoms with van der Waals surface area (Å²) in [4.78, 5) is 34.1. The largest absolute Gasteiger partial charge is 0.392 e. The summed E-state index contributed by atoms with van der Waals surface area (Å²) in [6.07, 6.45) is 10.8. The molecule has 0 spiro atoms. The van der Waals surface area contributed by atoms with Crippen LogP contribution in [0.2, 0.25) is 0 Å². The lowest BCUT2D eigenvalue weighted by atomic mass is 9.64. The Labute approximate surface area is 237 Å². The number of rotatable bonds is 5. The minimum Gasteiger partial charge on any atom is -0.392 e. The number of likely N-dealkylation sites (tertiary alicyclic amines) is 2. The van der Waals surface area contributed by atoms with Crippen molar-refractivity contribution in [3.63, 3.8) is 0 Å².